The van der Waals surface area contributed by atoms with E-state index in [1.807, 2.05) is 6.92 Å². The number of nitrogens with zero attached hydrogens (tertiary/aromatic N) is 1. The van der Waals surface area contributed by atoms with E-state index in [0.717, 1.165) is 11.1 Å². The molecule has 0 aromatic heterocycles. The number of carbonyl (C=O) groups is 1. The zero-order valence-electron chi connectivity index (χ0n) is 12.9. The molecule has 0 bridgehead atoms. The molecule has 118 valence electrons. The SMILES string of the molecule is CCN(C)C(=O)C(C)NS(=O)(=O)c1ccc(CN)c(C)c1. The predicted octanol–water partition coefficient (Wildman–Crippen LogP) is 0.599. The standard InChI is InChI=1S/C14H23N3O3S/c1-5-17(4)14(18)11(3)16-21(19,20)13-7-6-12(9-15)10(2)8-13/h6-8,11,16H,5,9,15H2,1-4H3. The van der Waals surface area contributed by atoms with Crippen LogP contribution in [0.4, 0.5) is 0 Å². The monoisotopic (exact) mass is 313 g/mol. The number of aryl methyl sites for hydroxylation is 1. The first-order valence-electron chi connectivity index (χ1n) is 6.79. The van der Waals surface area contributed by atoms with E-state index in [4.69, 9.17) is 5.73 Å². The lowest BCUT2D eigenvalue weighted by Crippen LogP contribution is -2.45. The predicted molar refractivity (Wildman–Crippen MR) is 82.2 cm³/mol. The molecule has 21 heavy (non-hydrogen) atoms. The van der Waals surface area contributed by atoms with Crippen molar-refractivity contribution in [3.63, 3.8) is 0 Å². The van der Waals surface area contributed by atoms with Gasteiger partial charge in [0, 0.05) is 20.1 Å². The van der Waals surface area contributed by atoms with Gasteiger partial charge in [0.15, 0.2) is 0 Å². The summed E-state index contributed by atoms with van der Waals surface area (Å²) in [6.45, 7) is 6.05. The first-order chi connectivity index (χ1) is 9.72. The van der Waals surface area contributed by atoms with E-state index >= 15 is 0 Å². The maximum atomic E-state index is 12.3. The molecule has 0 aliphatic heterocycles. The van der Waals surface area contributed by atoms with E-state index < -0.39 is 16.1 Å². The number of carbonyl (C=O) groups excluding carboxylic acids is 1. The third-order valence-corrected chi connectivity index (χ3v) is 4.94. The Morgan fingerprint density at radius 2 is 2.05 bits per heavy atom. The van der Waals surface area contributed by atoms with Gasteiger partial charge in [-0.1, -0.05) is 6.07 Å². The average molecular weight is 313 g/mol. The molecule has 0 fully saturated rings. The lowest BCUT2D eigenvalue weighted by atomic mass is 10.1. The minimum absolute atomic E-state index is 0.135. The van der Waals surface area contributed by atoms with Crippen LogP contribution in [0.25, 0.3) is 0 Å². The molecule has 7 heteroatoms. The minimum atomic E-state index is -3.73. The Balaban J connectivity index is 2.96. The van der Waals surface area contributed by atoms with Crippen LogP contribution in [0.2, 0.25) is 0 Å². The molecule has 0 spiro atoms. The Hall–Kier alpha value is -1.44. The van der Waals surface area contributed by atoms with Gasteiger partial charge in [0.2, 0.25) is 15.9 Å². The van der Waals surface area contributed by atoms with E-state index in [1.54, 1.807) is 26.1 Å². The van der Waals surface area contributed by atoms with Crippen LogP contribution in [0, 0.1) is 6.92 Å². The molecule has 6 nitrogen and oxygen atoms in total. The lowest BCUT2D eigenvalue weighted by molar-refractivity contribution is -0.131. The van der Waals surface area contributed by atoms with Gasteiger partial charge >= 0.3 is 0 Å². The van der Waals surface area contributed by atoms with Gasteiger partial charge in [0.05, 0.1) is 10.9 Å². The Labute approximate surface area is 126 Å². The first kappa shape index (κ1) is 17.6. The molecule has 0 saturated heterocycles. The fourth-order valence-electron chi connectivity index (χ4n) is 1.90. The number of nitrogens with one attached hydrogen (secondary N) is 1. The molecule has 1 amide bonds. The number of sulfonamides is 1. The molecule has 3 N–H and O–H groups in total. The summed E-state index contributed by atoms with van der Waals surface area (Å²) in [5.74, 6) is -0.267. The van der Waals surface area contributed by atoms with Gasteiger partial charge in [-0.2, -0.15) is 4.72 Å². The summed E-state index contributed by atoms with van der Waals surface area (Å²) in [5, 5.41) is 0. The molecule has 0 heterocycles. The number of amides is 1. The largest absolute Gasteiger partial charge is 0.345 e. The van der Waals surface area contributed by atoms with Crippen molar-refractivity contribution in [3.05, 3.63) is 29.3 Å². The van der Waals surface area contributed by atoms with Crippen LogP contribution in [0.5, 0.6) is 0 Å². The van der Waals surface area contributed by atoms with Crippen LogP contribution in [-0.4, -0.2) is 38.9 Å². The second kappa shape index (κ2) is 7.02. The quantitative estimate of drug-likeness (QED) is 0.804. The van der Waals surface area contributed by atoms with Gasteiger partial charge in [-0.05, 0) is 44.0 Å². The maximum absolute atomic E-state index is 12.3. The summed E-state index contributed by atoms with van der Waals surface area (Å²) in [4.78, 5) is 13.5. The number of likely N-dealkylation sites (N-methyl/N-ethyl adjacent to an activating group) is 1. The molecular formula is C14H23N3O3S. The molecule has 0 aliphatic rings. The highest BCUT2D eigenvalue weighted by molar-refractivity contribution is 7.89. The van der Waals surface area contributed by atoms with Crippen LogP contribution in [-0.2, 0) is 21.4 Å². The summed E-state index contributed by atoms with van der Waals surface area (Å²) in [6, 6.07) is 3.94. The van der Waals surface area contributed by atoms with Crippen LogP contribution < -0.4 is 10.5 Å². The van der Waals surface area contributed by atoms with Crippen molar-refractivity contribution in [1.29, 1.82) is 0 Å². The van der Waals surface area contributed by atoms with Crippen molar-refractivity contribution in [2.75, 3.05) is 13.6 Å². The molecule has 0 radical (unpaired) electrons. The summed E-state index contributed by atoms with van der Waals surface area (Å²) < 4.78 is 27.0. The van der Waals surface area contributed by atoms with Crippen molar-refractivity contribution in [2.45, 2.75) is 38.3 Å². The fraction of sp³-hybridized carbons (Fsp3) is 0.500. The second-order valence-electron chi connectivity index (χ2n) is 4.99. The summed E-state index contributed by atoms with van der Waals surface area (Å²) in [7, 11) is -2.10. The second-order valence-corrected chi connectivity index (χ2v) is 6.70. The van der Waals surface area contributed by atoms with Crippen LogP contribution in [0.1, 0.15) is 25.0 Å². The average Bonchev–Trinajstić information content (AvgIpc) is 2.44. The molecule has 1 rings (SSSR count). The molecule has 0 aliphatic carbocycles. The van der Waals surface area contributed by atoms with E-state index in [2.05, 4.69) is 4.72 Å². The molecule has 1 unspecified atom stereocenters. The van der Waals surface area contributed by atoms with Crippen LogP contribution in [0.3, 0.4) is 0 Å². The Bertz CT molecular complexity index is 614. The fourth-order valence-corrected chi connectivity index (χ4v) is 3.18. The van der Waals surface area contributed by atoms with Gasteiger partial charge in [0.25, 0.3) is 0 Å². The van der Waals surface area contributed by atoms with Crippen molar-refractivity contribution < 1.29 is 13.2 Å². The van der Waals surface area contributed by atoms with E-state index in [-0.39, 0.29) is 10.8 Å². The minimum Gasteiger partial charge on any atom is -0.345 e. The number of hydrogen-bond acceptors (Lipinski definition) is 4. The van der Waals surface area contributed by atoms with Gasteiger partial charge in [0.1, 0.15) is 0 Å². The smallest absolute Gasteiger partial charge is 0.241 e. The Morgan fingerprint density at radius 1 is 1.43 bits per heavy atom. The number of nitrogens with two attached hydrogens (primary N) is 1. The first-order valence-corrected chi connectivity index (χ1v) is 8.28. The molecule has 1 atom stereocenters. The van der Waals surface area contributed by atoms with Crippen molar-refractivity contribution in [1.82, 2.24) is 9.62 Å². The maximum Gasteiger partial charge on any atom is 0.241 e. The zero-order chi connectivity index (χ0) is 16.2. The van der Waals surface area contributed by atoms with Gasteiger partial charge < -0.3 is 10.6 Å². The lowest BCUT2D eigenvalue weighted by Gasteiger charge is -2.20. The van der Waals surface area contributed by atoms with Gasteiger partial charge in [-0.15, -0.1) is 0 Å². The van der Waals surface area contributed by atoms with Crippen molar-refractivity contribution >= 4 is 15.9 Å². The molecular weight excluding hydrogens is 290 g/mol. The number of hydrogen-bond donors (Lipinski definition) is 2. The van der Waals surface area contributed by atoms with E-state index in [9.17, 15) is 13.2 Å². The van der Waals surface area contributed by atoms with Crippen LogP contribution >= 0.6 is 0 Å². The Morgan fingerprint density at radius 3 is 2.52 bits per heavy atom. The highest BCUT2D eigenvalue weighted by Crippen LogP contribution is 2.15. The Kier molecular flexibility index (Phi) is 5.88. The van der Waals surface area contributed by atoms with Gasteiger partial charge in [-0.3, -0.25) is 4.79 Å². The third kappa shape index (κ3) is 4.26. The highest BCUT2D eigenvalue weighted by atomic mass is 32.2. The topological polar surface area (TPSA) is 92.5 Å². The van der Waals surface area contributed by atoms with Crippen molar-refractivity contribution in [2.24, 2.45) is 5.73 Å². The molecule has 0 saturated carbocycles. The third-order valence-electron chi connectivity index (χ3n) is 3.40. The number of benzene rings is 1. The van der Waals surface area contributed by atoms with Gasteiger partial charge in [-0.25, -0.2) is 8.42 Å². The molecule has 1 aromatic carbocycles. The molecule has 1 aromatic rings. The summed E-state index contributed by atoms with van der Waals surface area (Å²) in [6.07, 6.45) is 0. The normalized spacial score (nSPS) is 13.0. The van der Waals surface area contributed by atoms with Crippen molar-refractivity contribution in [3.8, 4) is 0 Å². The zero-order valence-corrected chi connectivity index (χ0v) is 13.7. The number of rotatable bonds is 6. The summed E-state index contributed by atoms with van der Waals surface area (Å²) >= 11 is 0. The highest BCUT2D eigenvalue weighted by Gasteiger charge is 2.24. The van der Waals surface area contributed by atoms with Crippen LogP contribution in [0.15, 0.2) is 23.1 Å². The summed E-state index contributed by atoms with van der Waals surface area (Å²) in [5.41, 5.74) is 7.27. The van der Waals surface area contributed by atoms with E-state index in [0.29, 0.717) is 13.1 Å². The van der Waals surface area contributed by atoms with E-state index in [1.165, 1.54) is 17.9 Å².